The van der Waals surface area contributed by atoms with Crippen molar-refractivity contribution >= 4 is 39.2 Å². The average molecular weight is 344 g/mol. The minimum absolute atomic E-state index is 0.891. The maximum Gasteiger partial charge on any atom is 0.174 e. The summed E-state index contributed by atoms with van der Waals surface area (Å²) < 4.78 is 6.10. The largest absolute Gasteiger partial charge is 0.313 e. The Labute approximate surface area is 124 Å². The van der Waals surface area contributed by atoms with E-state index >= 15 is 0 Å². The fraction of sp³-hybridized carbons (Fsp3) is 0.333. The van der Waals surface area contributed by atoms with Gasteiger partial charge in [-0.25, -0.2) is 4.98 Å². The van der Waals surface area contributed by atoms with Crippen LogP contribution in [0.2, 0.25) is 0 Å². The average Bonchev–Trinajstić information content (AvgIpc) is 2.85. The molecule has 0 saturated heterocycles. The van der Waals surface area contributed by atoms with Gasteiger partial charge in [-0.15, -0.1) is 0 Å². The van der Waals surface area contributed by atoms with Crippen molar-refractivity contribution in [1.29, 1.82) is 0 Å². The van der Waals surface area contributed by atoms with E-state index in [0.29, 0.717) is 0 Å². The van der Waals surface area contributed by atoms with E-state index in [0.717, 1.165) is 28.3 Å². The smallest absolute Gasteiger partial charge is 0.174 e. The number of benzene rings is 1. The van der Waals surface area contributed by atoms with Crippen LogP contribution in [0.4, 0.5) is 0 Å². The van der Waals surface area contributed by atoms with E-state index in [-0.39, 0.29) is 0 Å². The first-order valence-electron chi connectivity index (χ1n) is 5.73. The van der Waals surface area contributed by atoms with Crippen LogP contribution in [0.1, 0.15) is 18.9 Å². The first-order valence-corrected chi connectivity index (χ1v) is 8.11. The van der Waals surface area contributed by atoms with Crippen LogP contribution in [0, 0.1) is 0 Å². The van der Waals surface area contributed by atoms with E-state index in [2.05, 4.69) is 55.7 Å². The van der Waals surface area contributed by atoms with E-state index in [1.54, 1.807) is 18.1 Å². The Morgan fingerprint density at radius 1 is 1.44 bits per heavy atom. The van der Waals surface area contributed by atoms with Gasteiger partial charge in [0.25, 0.3) is 0 Å². The van der Waals surface area contributed by atoms with Crippen molar-refractivity contribution in [3.05, 3.63) is 34.6 Å². The highest BCUT2D eigenvalue weighted by Crippen LogP contribution is 2.32. The van der Waals surface area contributed by atoms with Gasteiger partial charge in [-0.2, -0.15) is 4.37 Å². The molecule has 0 unspecified atom stereocenters. The maximum atomic E-state index is 4.21. The highest BCUT2D eigenvalue weighted by atomic mass is 79.9. The second-order valence-electron chi connectivity index (χ2n) is 3.74. The summed E-state index contributed by atoms with van der Waals surface area (Å²) in [6.07, 6.45) is 2.75. The van der Waals surface area contributed by atoms with Crippen LogP contribution in [-0.4, -0.2) is 15.9 Å². The first kappa shape index (κ1) is 14.0. The van der Waals surface area contributed by atoms with Gasteiger partial charge in [-0.05, 0) is 42.2 Å². The zero-order valence-corrected chi connectivity index (χ0v) is 13.2. The van der Waals surface area contributed by atoms with Crippen molar-refractivity contribution in [2.75, 3.05) is 6.54 Å². The molecule has 2 rings (SSSR count). The molecule has 0 fully saturated rings. The lowest BCUT2D eigenvalue weighted by Gasteiger charge is -2.09. The van der Waals surface area contributed by atoms with Crippen LogP contribution in [-0.2, 0) is 6.54 Å². The van der Waals surface area contributed by atoms with E-state index in [1.165, 1.54) is 22.0 Å². The third-order valence-electron chi connectivity index (χ3n) is 2.31. The van der Waals surface area contributed by atoms with E-state index in [1.807, 2.05) is 0 Å². The topological polar surface area (TPSA) is 37.8 Å². The van der Waals surface area contributed by atoms with Gasteiger partial charge < -0.3 is 5.32 Å². The molecule has 3 nitrogen and oxygen atoms in total. The molecule has 6 heteroatoms. The van der Waals surface area contributed by atoms with Gasteiger partial charge in [0.15, 0.2) is 4.34 Å². The fourth-order valence-electron chi connectivity index (χ4n) is 1.47. The minimum atomic E-state index is 0.891. The van der Waals surface area contributed by atoms with Crippen molar-refractivity contribution in [2.45, 2.75) is 29.1 Å². The number of hydrogen-bond donors (Lipinski definition) is 1. The second-order valence-corrected chi connectivity index (χ2v) is 6.72. The molecule has 2 aromatic rings. The van der Waals surface area contributed by atoms with Crippen LogP contribution in [0.15, 0.2) is 38.2 Å². The van der Waals surface area contributed by atoms with Crippen molar-refractivity contribution in [3.63, 3.8) is 0 Å². The maximum absolute atomic E-state index is 4.21. The van der Waals surface area contributed by atoms with E-state index in [4.69, 9.17) is 0 Å². The molecule has 1 aromatic carbocycles. The Bertz CT molecular complexity index is 488. The number of nitrogens with zero attached hydrogens (tertiary/aromatic N) is 2. The fourth-order valence-corrected chi connectivity index (χ4v) is 3.56. The van der Waals surface area contributed by atoms with Crippen LogP contribution < -0.4 is 5.32 Å². The standard InChI is InChI=1S/C12H14BrN3S2/c1-2-5-14-7-9-3-4-10(13)6-11(9)17-12-15-8-16-18-12/h3-4,6,8,14H,2,5,7H2,1H3. The summed E-state index contributed by atoms with van der Waals surface area (Å²) in [5, 5.41) is 3.43. The van der Waals surface area contributed by atoms with Crippen molar-refractivity contribution < 1.29 is 0 Å². The van der Waals surface area contributed by atoms with Gasteiger partial charge in [-0.3, -0.25) is 0 Å². The molecule has 0 aliphatic rings. The van der Waals surface area contributed by atoms with Crippen LogP contribution in [0.25, 0.3) is 0 Å². The summed E-state index contributed by atoms with van der Waals surface area (Å²) in [4.78, 5) is 5.44. The van der Waals surface area contributed by atoms with Crippen molar-refractivity contribution in [2.24, 2.45) is 0 Å². The molecule has 0 aliphatic heterocycles. The minimum Gasteiger partial charge on any atom is -0.313 e. The number of aromatic nitrogens is 2. The molecule has 0 bridgehead atoms. The lowest BCUT2D eigenvalue weighted by atomic mass is 10.2. The Hall–Kier alpha value is -0.430. The molecule has 0 spiro atoms. The Balaban J connectivity index is 2.12. The summed E-state index contributed by atoms with van der Waals surface area (Å²) in [7, 11) is 0. The normalized spacial score (nSPS) is 10.8. The quantitative estimate of drug-likeness (QED) is 0.805. The molecule has 0 aliphatic carbocycles. The third-order valence-corrected chi connectivity index (χ3v) is 4.62. The lowest BCUT2D eigenvalue weighted by Crippen LogP contribution is -2.14. The summed E-state index contributed by atoms with van der Waals surface area (Å²) >= 11 is 6.61. The van der Waals surface area contributed by atoms with Crippen LogP contribution in [0.5, 0.6) is 0 Å². The second kappa shape index (κ2) is 7.23. The number of nitrogens with one attached hydrogen (secondary N) is 1. The number of rotatable bonds is 6. The van der Waals surface area contributed by atoms with E-state index < -0.39 is 0 Å². The lowest BCUT2D eigenvalue weighted by molar-refractivity contribution is 0.669. The van der Waals surface area contributed by atoms with Gasteiger partial charge in [0.05, 0.1) is 0 Å². The third kappa shape index (κ3) is 4.05. The Morgan fingerprint density at radius 2 is 2.33 bits per heavy atom. The number of halogens is 1. The summed E-state index contributed by atoms with van der Waals surface area (Å²) in [6.45, 7) is 4.10. The molecule has 0 atom stereocenters. The Kier molecular flexibility index (Phi) is 5.62. The monoisotopic (exact) mass is 343 g/mol. The van der Waals surface area contributed by atoms with Gasteiger partial charge in [0.2, 0.25) is 0 Å². The van der Waals surface area contributed by atoms with Gasteiger partial charge >= 0.3 is 0 Å². The zero-order valence-electron chi connectivity index (χ0n) is 10.0. The molecule has 0 radical (unpaired) electrons. The van der Waals surface area contributed by atoms with Gasteiger partial charge in [0.1, 0.15) is 6.33 Å². The summed E-state index contributed by atoms with van der Waals surface area (Å²) in [5.41, 5.74) is 1.30. The predicted molar refractivity (Wildman–Crippen MR) is 80.2 cm³/mol. The molecule has 96 valence electrons. The SMILES string of the molecule is CCCNCc1ccc(Br)cc1Sc1ncns1. The van der Waals surface area contributed by atoms with E-state index in [9.17, 15) is 0 Å². The molecule has 1 aromatic heterocycles. The summed E-state index contributed by atoms with van der Waals surface area (Å²) in [5.74, 6) is 0. The van der Waals surface area contributed by atoms with Gasteiger partial charge in [-0.1, -0.05) is 40.7 Å². The van der Waals surface area contributed by atoms with Crippen molar-refractivity contribution in [3.8, 4) is 0 Å². The molecule has 18 heavy (non-hydrogen) atoms. The molecular weight excluding hydrogens is 330 g/mol. The van der Waals surface area contributed by atoms with Crippen LogP contribution >= 0.6 is 39.2 Å². The van der Waals surface area contributed by atoms with Gasteiger partial charge in [0, 0.05) is 15.9 Å². The highest BCUT2D eigenvalue weighted by Gasteiger charge is 2.07. The van der Waals surface area contributed by atoms with Crippen LogP contribution in [0.3, 0.4) is 0 Å². The molecule has 0 amide bonds. The summed E-state index contributed by atoms with van der Waals surface area (Å²) in [6, 6.07) is 6.36. The first-order chi connectivity index (χ1) is 8.79. The predicted octanol–water partition coefficient (Wildman–Crippen LogP) is 3.95. The molecule has 1 heterocycles. The Morgan fingerprint density at radius 3 is 3.06 bits per heavy atom. The van der Waals surface area contributed by atoms with Crippen molar-refractivity contribution in [1.82, 2.24) is 14.7 Å². The molecule has 0 saturated carbocycles. The highest BCUT2D eigenvalue weighted by molar-refractivity contribution is 9.10. The molecule has 1 N–H and O–H groups in total. The number of hydrogen-bond acceptors (Lipinski definition) is 5. The zero-order chi connectivity index (χ0) is 12.8. The molecular formula is C12H14BrN3S2.